The topological polar surface area (TPSA) is 108 Å². The van der Waals surface area contributed by atoms with Gasteiger partial charge in [0.25, 0.3) is 7.82 Å². The summed E-state index contributed by atoms with van der Waals surface area (Å²) in [6.45, 7) is 4.71. The van der Waals surface area contributed by atoms with Crippen LogP contribution in [-0.2, 0) is 18.4 Å². The van der Waals surface area contributed by atoms with Crippen LogP contribution in [0.5, 0.6) is 0 Å². The Morgan fingerprint density at radius 3 is 1.36 bits per heavy atom. The molecule has 0 aromatic carbocycles. The van der Waals surface area contributed by atoms with Gasteiger partial charge in [0, 0.05) is 6.42 Å². The van der Waals surface area contributed by atoms with Gasteiger partial charge in [-0.15, -0.1) is 0 Å². The second-order valence-corrected chi connectivity index (χ2v) is 17.5. The number of phosphoric acid groups is 1. The summed E-state index contributed by atoms with van der Waals surface area (Å²) in [5.74, 6) is -0.164. The number of hydrogen-bond donors (Lipinski definition) is 2. The number of phosphoric ester groups is 1. The van der Waals surface area contributed by atoms with Crippen molar-refractivity contribution >= 4 is 13.7 Å². The van der Waals surface area contributed by atoms with E-state index in [2.05, 4.69) is 19.2 Å². The van der Waals surface area contributed by atoms with E-state index in [-0.39, 0.29) is 19.1 Å². The molecule has 3 atom stereocenters. The normalized spacial score (nSPS) is 14.5. The van der Waals surface area contributed by atoms with E-state index in [4.69, 9.17) is 9.05 Å². The van der Waals surface area contributed by atoms with Crippen LogP contribution in [-0.4, -0.2) is 68.5 Å². The first-order chi connectivity index (χ1) is 24.0. The van der Waals surface area contributed by atoms with Crippen LogP contribution < -0.4 is 10.2 Å². The van der Waals surface area contributed by atoms with Crippen molar-refractivity contribution in [1.29, 1.82) is 0 Å². The lowest BCUT2D eigenvalue weighted by molar-refractivity contribution is -0.870. The Balaban J connectivity index is 4.23. The van der Waals surface area contributed by atoms with E-state index in [1.165, 1.54) is 141 Å². The minimum absolute atomic E-state index is 0.0156. The van der Waals surface area contributed by atoms with Crippen LogP contribution in [0.1, 0.15) is 206 Å². The number of amides is 1. The Kier molecular flexibility index (Phi) is 33.9. The van der Waals surface area contributed by atoms with Crippen molar-refractivity contribution in [3.8, 4) is 0 Å². The Morgan fingerprint density at radius 1 is 0.620 bits per heavy atom. The van der Waals surface area contributed by atoms with Crippen LogP contribution in [0, 0.1) is 0 Å². The van der Waals surface area contributed by atoms with Crippen LogP contribution in [0.25, 0.3) is 0 Å². The first-order valence-electron chi connectivity index (χ1n) is 21.4. The molecule has 50 heavy (non-hydrogen) atoms. The quantitative estimate of drug-likeness (QED) is 0.0370. The van der Waals surface area contributed by atoms with E-state index in [0.29, 0.717) is 23.9 Å². The zero-order chi connectivity index (χ0) is 37.2. The van der Waals surface area contributed by atoms with E-state index >= 15 is 0 Å². The zero-order valence-electron chi connectivity index (χ0n) is 33.9. The fourth-order valence-electron chi connectivity index (χ4n) is 6.39. The molecule has 0 radical (unpaired) electrons. The number of hydrogen-bond acceptors (Lipinski definition) is 6. The van der Waals surface area contributed by atoms with Crippen molar-refractivity contribution in [3.63, 3.8) is 0 Å². The number of unbranched alkanes of at least 4 members (excludes halogenated alkanes) is 26. The molecule has 0 spiro atoms. The number of likely N-dealkylation sites (N-methyl/N-ethyl adjacent to an activating group) is 1. The molecule has 0 saturated carbocycles. The number of nitrogens with one attached hydrogen (secondary N) is 1. The van der Waals surface area contributed by atoms with Gasteiger partial charge in [-0.25, -0.2) is 0 Å². The molecule has 0 aromatic rings. The van der Waals surface area contributed by atoms with Gasteiger partial charge in [0.15, 0.2) is 0 Å². The van der Waals surface area contributed by atoms with E-state index in [1.807, 2.05) is 21.1 Å². The van der Waals surface area contributed by atoms with Crippen LogP contribution in [0.15, 0.2) is 0 Å². The van der Waals surface area contributed by atoms with E-state index in [1.54, 1.807) is 0 Å². The maximum Gasteiger partial charge on any atom is 0.268 e. The summed E-state index contributed by atoms with van der Waals surface area (Å²) in [5.41, 5.74) is 0. The van der Waals surface area contributed by atoms with Crippen molar-refractivity contribution in [3.05, 3.63) is 0 Å². The number of rotatable bonds is 39. The summed E-state index contributed by atoms with van der Waals surface area (Å²) >= 11 is 0. The highest BCUT2D eigenvalue weighted by atomic mass is 31.2. The lowest BCUT2D eigenvalue weighted by atomic mass is 10.0. The van der Waals surface area contributed by atoms with E-state index < -0.39 is 20.0 Å². The average molecular weight is 733 g/mol. The van der Waals surface area contributed by atoms with Crippen LogP contribution in [0.3, 0.4) is 0 Å². The number of nitrogens with zero attached hydrogens (tertiary/aromatic N) is 1. The summed E-state index contributed by atoms with van der Waals surface area (Å²) in [4.78, 5) is 25.2. The highest BCUT2D eigenvalue weighted by molar-refractivity contribution is 7.45. The third kappa shape index (κ3) is 35.9. The van der Waals surface area contributed by atoms with Gasteiger partial charge in [0.05, 0.1) is 39.9 Å². The molecule has 300 valence electrons. The summed E-state index contributed by atoms with van der Waals surface area (Å²) < 4.78 is 23.2. The molecular weight excluding hydrogens is 647 g/mol. The van der Waals surface area contributed by atoms with E-state index in [0.717, 1.165) is 38.5 Å². The second kappa shape index (κ2) is 34.3. The van der Waals surface area contributed by atoms with E-state index in [9.17, 15) is 19.4 Å². The fourth-order valence-corrected chi connectivity index (χ4v) is 7.12. The van der Waals surface area contributed by atoms with Gasteiger partial charge >= 0.3 is 0 Å². The smallest absolute Gasteiger partial charge is 0.268 e. The van der Waals surface area contributed by atoms with Crippen molar-refractivity contribution in [2.45, 2.75) is 219 Å². The Bertz CT molecular complexity index is 794. The molecule has 0 aromatic heterocycles. The number of quaternary nitrogens is 1. The van der Waals surface area contributed by atoms with Gasteiger partial charge in [-0.1, -0.05) is 187 Å². The summed E-state index contributed by atoms with van der Waals surface area (Å²) in [6.07, 6.45) is 35.4. The van der Waals surface area contributed by atoms with Gasteiger partial charge in [-0.05, 0) is 12.8 Å². The first-order valence-corrected chi connectivity index (χ1v) is 22.8. The van der Waals surface area contributed by atoms with Gasteiger partial charge < -0.3 is 28.8 Å². The van der Waals surface area contributed by atoms with Crippen molar-refractivity contribution in [2.75, 3.05) is 40.9 Å². The lowest BCUT2D eigenvalue weighted by Crippen LogP contribution is -2.46. The minimum Gasteiger partial charge on any atom is -0.756 e. The Labute approximate surface area is 310 Å². The maximum absolute atomic E-state index is 12.8. The molecule has 0 bridgehead atoms. The minimum atomic E-state index is -4.55. The van der Waals surface area contributed by atoms with Gasteiger partial charge in [0.2, 0.25) is 5.91 Å². The standard InChI is InChI=1S/C41H85N2O6P/c1-6-8-10-12-14-16-17-18-19-20-21-22-23-24-25-27-29-31-33-35-41(45)42-39(38-49-50(46,47)48-37-36-43(3,4)5)40(44)34-32-30-28-26-15-13-11-9-7-2/h39-40,44H,6-38H2,1-5H3,(H-,42,45,46,47)/t39-,40+/m0/s1. The molecule has 8 nitrogen and oxygen atoms in total. The second-order valence-electron chi connectivity index (χ2n) is 16.1. The number of aliphatic hydroxyl groups is 1. The highest BCUT2D eigenvalue weighted by Gasteiger charge is 2.24. The monoisotopic (exact) mass is 733 g/mol. The predicted molar refractivity (Wildman–Crippen MR) is 210 cm³/mol. The molecule has 0 heterocycles. The van der Waals surface area contributed by atoms with Gasteiger partial charge in [-0.3, -0.25) is 9.36 Å². The number of aliphatic hydroxyl groups excluding tert-OH is 1. The molecule has 0 saturated heterocycles. The third-order valence-electron chi connectivity index (χ3n) is 9.85. The Hall–Kier alpha value is -0.500. The lowest BCUT2D eigenvalue weighted by Gasteiger charge is -2.30. The Morgan fingerprint density at radius 2 is 0.980 bits per heavy atom. The summed E-state index contributed by atoms with van der Waals surface area (Å²) in [5, 5.41) is 13.8. The molecule has 0 fully saturated rings. The molecule has 0 aliphatic heterocycles. The number of carbonyl (C=O) groups is 1. The third-order valence-corrected chi connectivity index (χ3v) is 10.8. The zero-order valence-corrected chi connectivity index (χ0v) is 34.8. The molecule has 1 amide bonds. The maximum atomic E-state index is 12.8. The van der Waals surface area contributed by atoms with Gasteiger partial charge in [-0.2, -0.15) is 0 Å². The molecule has 1 unspecified atom stereocenters. The largest absolute Gasteiger partial charge is 0.756 e. The number of carbonyl (C=O) groups excluding carboxylic acids is 1. The molecule has 0 aliphatic rings. The molecule has 0 rings (SSSR count). The average Bonchev–Trinajstić information content (AvgIpc) is 3.06. The first kappa shape index (κ1) is 49.5. The van der Waals surface area contributed by atoms with Crippen LogP contribution in [0.2, 0.25) is 0 Å². The molecular formula is C41H85N2O6P. The van der Waals surface area contributed by atoms with Gasteiger partial charge in [0.1, 0.15) is 13.2 Å². The SMILES string of the molecule is CCCCCCCCCCCCCCCCCCCCCC(=O)N[C@@H](COP(=O)([O-])OCC[N+](C)(C)C)[C@H](O)CCCCCCCCCCC. The van der Waals surface area contributed by atoms with Crippen molar-refractivity contribution in [1.82, 2.24) is 5.32 Å². The van der Waals surface area contributed by atoms with Crippen molar-refractivity contribution in [2.24, 2.45) is 0 Å². The molecule has 0 aliphatic carbocycles. The van der Waals surface area contributed by atoms with Crippen LogP contribution >= 0.6 is 7.82 Å². The predicted octanol–water partition coefficient (Wildman–Crippen LogP) is 10.8. The van der Waals surface area contributed by atoms with Crippen LogP contribution in [0.4, 0.5) is 0 Å². The molecule has 2 N–H and O–H groups in total. The summed E-state index contributed by atoms with van der Waals surface area (Å²) in [6, 6.07) is -0.791. The fraction of sp³-hybridized carbons (Fsp3) is 0.976. The summed E-state index contributed by atoms with van der Waals surface area (Å²) in [7, 11) is 1.31. The molecule has 9 heteroatoms. The highest BCUT2D eigenvalue weighted by Crippen LogP contribution is 2.38. The van der Waals surface area contributed by atoms with Crippen molar-refractivity contribution < 1.29 is 32.9 Å².